The fourth-order valence-electron chi connectivity index (χ4n) is 3.34. The third-order valence-electron chi connectivity index (χ3n) is 5.03. The van der Waals surface area contributed by atoms with Gasteiger partial charge in [-0.15, -0.1) is 0 Å². The highest BCUT2D eigenvalue weighted by Crippen LogP contribution is 2.33. The minimum Gasteiger partial charge on any atom is -0.495 e. The van der Waals surface area contributed by atoms with E-state index in [1.54, 1.807) is 18.2 Å². The first-order valence-corrected chi connectivity index (χ1v) is 10.9. The summed E-state index contributed by atoms with van der Waals surface area (Å²) in [6.07, 6.45) is 2.54. The quantitative estimate of drug-likeness (QED) is 0.382. The number of halogens is 2. The first-order valence-electron chi connectivity index (χ1n) is 10.5. The molecule has 1 heterocycles. The number of ether oxygens (including phenoxy) is 2. The van der Waals surface area contributed by atoms with Crippen LogP contribution in [0.5, 0.6) is 5.75 Å². The molecular weight excluding hydrogens is 435 g/mol. The monoisotopic (exact) mass is 460 g/mol. The van der Waals surface area contributed by atoms with E-state index in [0.717, 1.165) is 12.8 Å². The number of benzene rings is 2. The largest absolute Gasteiger partial charge is 0.495 e. The van der Waals surface area contributed by atoms with Crippen LogP contribution >= 0.6 is 11.6 Å². The van der Waals surface area contributed by atoms with Crippen LogP contribution in [0.25, 0.3) is 5.57 Å². The highest BCUT2D eigenvalue weighted by molar-refractivity contribution is 6.36. The van der Waals surface area contributed by atoms with Gasteiger partial charge in [-0.1, -0.05) is 37.1 Å². The highest BCUT2D eigenvalue weighted by Gasteiger charge is 2.38. The number of hydrogen-bond donors (Lipinski definition) is 1. The third kappa shape index (κ3) is 5.47. The van der Waals surface area contributed by atoms with Crippen molar-refractivity contribution in [1.29, 1.82) is 0 Å². The Hall–Kier alpha value is -2.90. The van der Waals surface area contributed by atoms with Gasteiger partial charge in [0.2, 0.25) is 0 Å². The average Bonchev–Trinajstić information content (AvgIpc) is 3.01. The Labute approximate surface area is 192 Å². The lowest BCUT2D eigenvalue weighted by atomic mass is 10.0. The van der Waals surface area contributed by atoms with Gasteiger partial charge in [-0.2, -0.15) is 0 Å². The van der Waals surface area contributed by atoms with Crippen LogP contribution in [0.15, 0.2) is 48.2 Å². The maximum Gasteiger partial charge on any atom is 0.278 e. The summed E-state index contributed by atoms with van der Waals surface area (Å²) in [7, 11) is 1.51. The highest BCUT2D eigenvalue weighted by atomic mass is 35.5. The molecule has 32 heavy (non-hydrogen) atoms. The molecule has 6 nitrogen and oxygen atoms in total. The second-order valence-electron chi connectivity index (χ2n) is 7.31. The Balaban J connectivity index is 1.84. The number of anilines is 1. The van der Waals surface area contributed by atoms with Crippen molar-refractivity contribution in [3.63, 3.8) is 0 Å². The van der Waals surface area contributed by atoms with Gasteiger partial charge in [-0.3, -0.25) is 14.5 Å². The van der Waals surface area contributed by atoms with Crippen LogP contribution in [0.1, 0.15) is 31.7 Å². The van der Waals surface area contributed by atoms with Crippen molar-refractivity contribution in [2.75, 3.05) is 32.2 Å². The van der Waals surface area contributed by atoms with E-state index >= 15 is 0 Å². The summed E-state index contributed by atoms with van der Waals surface area (Å²) in [5, 5.41) is 3.39. The van der Waals surface area contributed by atoms with Crippen molar-refractivity contribution in [3.05, 3.63) is 64.6 Å². The Morgan fingerprint density at radius 3 is 2.41 bits per heavy atom. The number of imide groups is 1. The maximum atomic E-state index is 13.4. The molecule has 0 saturated carbocycles. The summed E-state index contributed by atoms with van der Waals surface area (Å²) in [6, 6.07) is 10.4. The molecule has 8 heteroatoms. The molecule has 0 unspecified atom stereocenters. The first kappa shape index (κ1) is 23.8. The van der Waals surface area contributed by atoms with Gasteiger partial charge < -0.3 is 14.8 Å². The second-order valence-corrected chi connectivity index (χ2v) is 7.72. The van der Waals surface area contributed by atoms with Gasteiger partial charge in [0.15, 0.2) is 0 Å². The molecule has 0 radical (unpaired) electrons. The zero-order valence-electron chi connectivity index (χ0n) is 18.1. The number of carbonyl (C=O) groups is 2. The maximum absolute atomic E-state index is 13.4. The number of carbonyl (C=O) groups excluding carboxylic acids is 2. The smallest absolute Gasteiger partial charge is 0.278 e. The van der Waals surface area contributed by atoms with Crippen LogP contribution in [-0.4, -0.2) is 43.6 Å². The van der Waals surface area contributed by atoms with Crippen LogP contribution in [-0.2, 0) is 14.3 Å². The third-order valence-corrected chi connectivity index (χ3v) is 5.33. The predicted octanol–water partition coefficient (Wildman–Crippen LogP) is 4.89. The van der Waals surface area contributed by atoms with Crippen molar-refractivity contribution in [2.45, 2.75) is 26.2 Å². The van der Waals surface area contributed by atoms with Crippen molar-refractivity contribution >= 4 is 34.7 Å². The van der Waals surface area contributed by atoms with Gasteiger partial charge in [0.25, 0.3) is 11.8 Å². The molecule has 0 fully saturated rings. The minimum atomic E-state index is -0.449. The number of hydrogen-bond acceptors (Lipinski definition) is 5. The Bertz CT molecular complexity index is 1010. The normalized spacial score (nSPS) is 13.8. The molecule has 0 saturated heterocycles. The van der Waals surface area contributed by atoms with E-state index in [4.69, 9.17) is 21.1 Å². The number of unbranched alkanes of at least 4 members (excludes halogenated alkanes) is 1. The van der Waals surface area contributed by atoms with E-state index in [9.17, 15) is 14.0 Å². The molecule has 170 valence electrons. The Morgan fingerprint density at radius 2 is 1.75 bits per heavy atom. The van der Waals surface area contributed by atoms with E-state index in [2.05, 4.69) is 12.2 Å². The molecule has 2 amide bonds. The van der Waals surface area contributed by atoms with E-state index in [0.29, 0.717) is 41.7 Å². The first-order chi connectivity index (χ1) is 15.5. The minimum absolute atomic E-state index is 0.120. The number of methoxy groups -OCH3 is 1. The molecule has 0 atom stereocenters. The fraction of sp³-hybridized carbons (Fsp3) is 0.333. The van der Waals surface area contributed by atoms with Crippen LogP contribution in [0, 0.1) is 5.82 Å². The molecule has 1 N–H and O–H groups in total. The summed E-state index contributed by atoms with van der Waals surface area (Å²) in [5.41, 5.74) is 1.29. The van der Waals surface area contributed by atoms with Gasteiger partial charge in [0.05, 0.1) is 17.7 Å². The average molecular weight is 461 g/mol. The summed E-state index contributed by atoms with van der Waals surface area (Å²) in [5.74, 6) is -0.820. The SMILES string of the molecule is CCCCOCCCN1C(=O)C(Nc2ccc(OC)c(Cl)c2)=C(c2ccc(F)cc2)C1=O. The van der Waals surface area contributed by atoms with Gasteiger partial charge in [-0.25, -0.2) is 4.39 Å². The molecule has 1 aliphatic heterocycles. The number of amides is 2. The number of nitrogens with zero attached hydrogens (tertiary/aromatic N) is 1. The van der Waals surface area contributed by atoms with Gasteiger partial charge in [0, 0.05) is 25.4 Å². The van der Waals surface area contributed by atoms with Crippen LogP contribution in [0.2, 0.25) is 5.02 Å². The molecule has 3 rings (SSSR count). The van der Waals surface area contributed by atoms with Crippen LogP contribution < -0.4 is 10.1 Å². The van der Waals surface area contributed by atoms with Gasteiger partial charge >= 0.3 is 0 Å². The molecule has 0 aliphatic carbocycles. The van der Waals surface area contributed by atoms with Crippen molar-refractivity contribution in [1.82, 2.24) is 4.90 Å². The Kier molecular flexibility index (Phi) is 8.25. The molecular formula is C24H26ClFN2O4. The topological polar surface area (TPSA) is 67.9 Å². The van der Waals surface area contributed by atoms with Crippen LogP contribution in [0.3, 0.4) is 0 Å². The van der Waals surface area contributed by atoms with Crippen molar-refractivity contribution < 1.29 is 23.5 Å². The van der Waals surface area contributed by atoms with Crippen molar-refractivity contribution in [3.8, 4) is 5.75 Å². The van der Waals surface area contributed by atoms with E-state index < -0.39 is 17.6 Å². The fourth-order valence-corrected chi connectivity index (χ4v) is 3.60. The summed E-state index contributed by atoms with van der Waals surface area (Å²) < 4.78 is 24.1. The second kappa shape index (κ2) is 11.1. The molecule has 2 aromatic rings. The lowest BCUT2D eigenvalue weighted by molar-refractivity contribution is -0.137. The van der Waals surface area contributed by atoms with E-state index in [-0.39, 0.29) is 17.8 Å². The number of rotatable bonds is 11. The molecule has 0 spiro atoms. The summed E-state index contributed by atoms with van der Waals surface area (Å²) in [6.45, 7) is 3.42. The predicted molar refractivity (Wildman–Crippen MR) is 122 cm³/mol. The van der Waals surface area contributed by atoms with E-state index in [1.165, 1.54) is 36.3 Å². The van der Waals surface area contributed by atoms with Gasteiger partial charge in [-0.05, 0) is 48.7 Å². The molecule has 1 aliphatic rings. The lowest BCUT2D eigenvalue weighted by Crippen LogP contribution is -2.34. The van der Waals surface area contributed by atoms with Crippen LogP contribution in [0.4, 0.5) is 10.1 Å². The Morgan fingerprint density at radius 1 is 1.03 bits per heavy atom. The number of nitrogens with one attached hydrogen (secondary N) is 1. The molecule has 0 aromatic heterocycles. The zero-order chi connectivity index (χ0) is 23.1. The summed E-state index contributed by atoms with van der Waals surface area (Å²) in [4.78, 5) is 27.5. The lowest BCUT2D eigenvalue weighted by Gasteiger charge is -2.15. The zero-order valence-corrected chi connectivity index (χ0v) is 18.9. The molecule has 0 bridgehead atoms. The van der Waals surface area contributed by atoms with Gasteiger partial charge in [0.1, 0.15) is 17.3 Å². The van der Waals surface area contributed by atoms with Crippen molar-refractivity contribution in [2.24, 2.45) is 0 Å². The standard InChI is InChI=1S/C24H26ClFN2O4/c1-3-4-13-32-14-5-12-28-23(29)21(16-6-8-17(26)9-7-16)22(24(28)30)27-18-10-11-20(31-2)19(25)15-18/h6-11,15,27H,3-5,12-14H2,1-2H3. The molecule has 2 aromatic carbocycles. The summed E-state index contributed by atoms with van der Waals surface area (Å²) >= 11 is 6.20. The van der Waals surface area contributed by atoms with E-state index in [1.807, 2.05) is 0 Å².